The van der Waals surface area contributed by atoms with Crippen LogP contribution in [0.5, 0.6) is 0 Å². The first-order valence-electron chi connectivity index (χ1n) is 8.11. The van der Waals surface area contributed by atoms with E-state index in [0.29, 0.717) is 25.1 Å². The number of rotatable bonds is 5. The van der Waals surface area contributed by atoms with Gasteiger partial charge in [-0.15, -0.1) is 5.10 Å². The highest BCUT2D eigenvalue weighted by Gasteiger charge is 2.36. The van der Waals surface area contributed by atoms with E-state index in [4.69, 9.17) is 0 Å². The smallest absolute Gasteiger partial charge is 0.311 e. The van der Waals surface area contributed by atoms with Gasteiger partial charge in [0.25, 0.3) is 5.91 Å². The highest BCUT2D eigenvalue weighted by Crippen LogP contribution is 2.40. The first kappa shape index (κ1) is 16.2. The zero-order valence-corrected chi connectivity index (χ0v) is 13.7. The number of aliphatic carboxylic acids is 1. The summed E-state index contributed by atoms with van der Waals surface area (Å²) in [5.41, 5.74) is 2.73. The van der Waals surface area contributed by atoms with Gasteiger partial charge in [0.05, 0.1) is 17.7 Å². The van der Waals surface area contributed by atoms with Gasteiger partial charge in [-0.2, -0.15) is 0 Å². The number of nitrogens with one attached hydrogen (secondary N) is 1. The number of nitrogens with zero attached hydrogens (tertiary/aromatic N) is 3. The molecular weight excluding hydrogens is 308 g/mol. The lowest BCUT2D eigenvalue weighted by atomic mass is 10.0. The predicted molar refractivity (Wildman–Crippen MR) is 86.7 cm³/mol. The quantitative estimate of drug-likeness (QED) is 0.874. The SMILES string of the molecule is CCc1c(C(=O)NC2CC(C(=O)O)c3ccccc32)nnn1CC. The number of amides is 1. The lowest BCUT2D eigenvalue weighted by Crippen LogP contribution is -2.29. The molecule has 7 nitrogen and oxygen atoms in total. The zero-order valence-electron chi connectivity index (χ0n) is 13.7. The van der Waals surface area contributed by atoms with Gasteiger partial charge in [-0.05, 0) is 30.9 Å². The molecule has 2 unspecified atom stereocenters. The van der Waals surface area contributed by atoms with E-state index in [1.54, 1.807) is 4.68 Å². The van der Waals surface area contributed by atoms with E-state index in [-0.39, 0.29) is 11.9 Å². The Bertz CT molecular complexity index is 784. The molecule has 0 saturated carbocycles. The number of carboxylic acids is 1. The summed E-state index contributed by atoms with van der Waals surface area (Å²) < 4.78 is 1.71. The number of carbonyl (C=O) groups is 2. The molecule has 0 spiro atoms. The molecule has 0 aliphatic heterocycles. The van der Waals surface area contributed by atoms with Crippen molar-refractivity contribution in [1.29, 1.82) is 0 Å². The fraction of sp³-hybridized carbons (Fsp3) is 0.412. The van der Waals surface area contributed by atoms with Gasteiger partial charge in [0.15, 0.2) is 5.69 Å². The van der Waals surface area contributed by atoms with Crippen LogP contribution in [0.25, 0.3) is 0 Å². The average molecular weight is 328 g/mol. The third kappa shape index (κ3) is 2.66. The molecule has 24 heavy (non-hydrogen) atoms. The van der Waals surface area contributed by atoms with Crippen molar-refractivity contribution < 1.29 is 14.7 Å². The zero-order chi connectivity index (χ0) is 17.3. The number of benzene rings is 1. The van der Waals surface area contributed by atoms with Gasteiger partial charge in [-0.3, -0.25) is 9.59 Å². The Hall–Kier alpha value is -2.70. The van der Waals surface area contributed by atoms with Gasteiger partial charge >= 0.3 is 5.97 Å². The standard InChI is InChI=1S/C17H20N4O3/c1-3-14-15(19-20-21(14)4-2)16(22)18-13-9-12(17(23)24)10-7-5-6-8-11(10)13/h5-8,12-13H,3-4,9H2,1-2H3,(H,18,22)(H,23,24). The van der Waals surface area contributed by atoms with Crippen molar-refractivity contribution in [2.75, 3.05) is 0 Å². The van der Waals surface area contributed by atoms with Crippen LogP contribution in [0.1, 0.15) is 59.5 Å². The molecule has 0 fully saturated rings. The van der Waals surface area contributed by atoms with Crippen molar-refractivity contribution in [2.45, 2.75) is 45.2 Å². The predicted octanol–water partition coefficient (Wildman–Crippen LogP) is 1.90. The second-order valence-corrected chi connectivity index (χ2v) is 5.84. The van der Waals surface area contributed by atoms with Crippen LogP contribution in [0.2, 0.25) is 0 Å². The topological polar surface area (TPSA) is 97.1 Å². The first-order chi connectivity index (χ1) is 11.6. The Morgan fingerprint density at radius 3 is 2.62 bits per heavy atom. The molecule has 1 amide bonds. The van der Waals surface area contributed by atoms with Crippen LogP contribution in [0, 0.1) is 0 Å². The van der Waals surface area contributed by atoms with Crippen LogP contribution >= 0.6 is 0 Å². The lowest BCUT2D eigenvalue weighted by molar-refractivity contribution is -0.138. The molecule has 0 radical (unpaired) electrons. The summed E-state index contributed by atoms with van der Waals surface area (Å²) in [6.45, 7) is 4.55. The van der Waals surface area contributed by atoms with E-state index >= 15 is 0 Å². The molecule has 1 aromatic carbocycles. The minimum Gasteiger partial charge on any atom is -0.481 e. The number of aromatic nitrogens is 3. The summed E-state index contributed by atoms with van der Waals surface area (Å²) >= 11 is 0. The molecule has 1 aliphatic rings. The molecule has 2 N–H and O–H groups in total. The van der Waals surface area contributed by atoms with Gasteiger partial charge in [0, 0.05) is 6.54 Å². The normalized spacial score (nSPS) is 19.1. The Labute approximate surface area is 139 Å². The fourth-order valence-corrected chi connectivity index (χ4v) is 3.35. The van der Waals surface area contributed by atoms with Crippen molar-refractivity contribution in [3.63, 3.8) is 0 Å². The second-order valence-electron chi connectivity index (χ2n) is 5.84. The third-order valence-electron chi connectivity index (χ3n) is 4.51. The van der Waals surface area contributed by atoms with Gasteiger partial charge in [0.1, 0.15) is 0 Å². The van der Waals surface area contributed by atoms with E-state index in [2.05, 4.69) is 15.6 Å². The Kier molecular flexibility index (Phi) is 4.33. The maximum Gasteiger partial charge on any atom is 0.311 e. The maximum atomic E-state index is 12.6. The minimum atomic E-state index is -0.870. The Balaban J connectivity index is 1.86. The van der Waals surface area contributed by atoms with Crippen LogP contribution in [-0.2, 0) is 17.8 Å². The van der Waals surface area contributed by atoms with Crippen LogP contribution < -0.4 is 5.32 Å². The summed E-state index contributed by atoms with van der Waals surface area (Å²) in [4.78, 5) is 24.1. The van der Waals surface area contributed by atoms with Crippen LogP contribution in [-0.4, -0.2) is 32.0 Å². The minimum absolute atomic E-state index is 0.308. The molecule has 1 aliphatic carbocycles. The van der Waals surface area contributed by atoms with Crippen molar-refractivity contribution >= 4 is 11.9 Å². The Morgan fingerprint density at radius 1 is 1.29 bits per heavy atom. The largest absolute Gasteiger partial charge is 0.481 e. The van der Waals surface area contributed by atoms with E-state index in [1.165, 1.54) is 0 Å². The summed E-state index contributed by atoms with van der Waals surface area (Å²) in [6, 6.07) is 7.03. The average Bonchev–Trinajstić information content (AvgIpc) is 3.16. The van der Waals surface area contributed by atoms with E-state index in [9.17, 15) is 14.7 Å². The van der Waals surface area contributed by atoms with Crippen LogP contribution in [0.3, 0.4) is 0 Å². The lowest BCUT2D eigenvalue weighted by Gasteiger charge is -2.13. The van der Waals surface area contributed by atoms with Gasteiger partial charge in [-0.1, -0.05) is 36.4 Å². The molecule has 126 valence electrons. The molecule has 0 saturated heterocycles. The maximum absolute atomic E-state index is 12.6. The van der Waals surface area contributed by atoms with Crippen LogP contribution in [0.4, 0.5) is 0 Å². The molecular formula is C17H20N4O3. The molecule has 2 atom stereocenters. The Morgan fingerprint density at radius 2 is 2.00 bits per heavy atom. The van der Waals surface area contributed by atoms with Crippen LogP contribution in [0.15, 0.2) is 24.3 Å². The highest BCUT2D eigenvalue weighted by atomic mass is 16.4. The fourth-order valence-electron chi connectivity index (χ4n) is 3.35. The second kappa shape index (κ2) is 6.43. The molecule has 3 rings (SSSR count). The monoisotopic (exact) mass is 328 g/mol. The number of hydrogen-bond acceptors (Lipinski definition) is 4. The number of fused-ring (bicyclic) bond motifs is 1. The molecule has 2 aromatic rings. The summed E-state index contributed by atoms with van der Waals surface area (Å²) in [6.07, 6.45) is 1.01. The van der Waals surface area contributed by atoms with Crippen molar-refractivity contribution in [3.8, 4) is 0 Å². The number of carbonyl (C=O) groups excluding carboxylic acids is 1. The molecule has 1 aromatic heterocycles. The summed E-state index contributed by atoms with van der Waals surface area (Å²) in [7, 11) is 0. The van der Waals surface area contributed by atoms with Gasteiger partial charge in [0.2, 0.25) is 0 Å². The van der Waals surface area contributed by atoms with E-state index in [0.717, 1.165) is 16.8 Å². The highest BCUT2D eigenvalue weighted by molar-refractivity contribution is 5.93. The number of aryl methyl sites for hydroxylation is 1. The number of carboxylic acid groups (broad SMARTS) is 1. The van der Waals surface area contributed by atoms with Gasteiger partial charge < -0.3 is 10.4 Å². The van der Waals surface area contributed by atoms with Crippen molar-refractivity contribution in [3.05, 3.63) is 46.8 Å². The van der Waals surface area contributed by atoms with E-state index in [1.807, 2.05) is 38.1 Å². The first-order valence-corrected chi connectivity index (χ1v) is 8.11. The van der Waals surface area contributed by atoms with E-state index < -0.39 is 11.9 Å². The summed E-state index contributed by atoms with van der Waals surface area (Å²) in [5, 5.41) is 20.3. The van der Waals surface area contributed by atoms with Crippen molar-refractivity contribution in [2.24, 2.45) is 0 Å². The summed E-state index contributed by atoms with van der Waals surface area (Å²) in [5.74, 6) is -1.77. The molecule has 0 bridgehead atoms. The van der Waals surface area contributed by atoms with Crippen molar-refractivity contribution in [1.82, 2.24) is 20.3 Å². The molecule has 7 heteroatoms. The molecule has 1 heterocycles. The third-order valence-corrected chi connectivity index (χ3v) is 4.51. The van der Waals surface area contributed by atoms with Gasteiger partial charge in [-0.25, -0.2) is 4.68 Å². The number of hydrogen-bond donors (Lipinski definition) is 2.